The Kier molecular flexibility index (Phi) is 10.5. The average molecular weight is 440 g/mol. The molecule has 0 radical (unpaired) electrons. The van der Waals surface area contributed by atoms with E-state index in [0.29, 0.717) is 18.2 Å². The van der Waals surface area contributed by atoms with Crippen LogP contribution in [0.3, 0.4) is 0 Å². The summed E-state index contributed by atoms with van der Waals surface area (Å²) in [5.41, 5.74) is 8.21. The van der Waals surface area contributed by atoms with Crippen LogP contribution < -0.4 is 21.1 Å². The van der Waals surface area contributed by atoms with Crippen LogP contribution >= 0.6 is 24.8 Å². The SMILES string of the molecule is CC(C)Oc1ccc(C(N)=O)cc1CN[C@H]1CCCN[C@@H]1c1ccccc1.Cl.Cl. The smallest absolute Gasteiger partial charge is 0.248 e. The van der Waals surface area contributed by atoms with Crippen molar-refractivity contribution >= 4 is 30.7 Å². The van der Waals surface area contributed by atoms with Crippen LogP contribution in [0, 0.1) is 0 Å². The van der Waals surface area contributed by atoms with Crippen LogP contribution in [0.1, 0.15) is 54.2 Å². The first-order valence-electron chi connectivity index (χ1n) is 9.65. The van der Waals surface area contributed by atoms with E-state index < -0.39 is 5.91 Å². The molecule has 5 nitrogen and oxygen atoms in total. The Bertz CT molecular complexity index is 772. The molecule has 1 amide bonds. The summed E-state index contributed by atoms with van der Waals surface area (Å²) in [6.45, 7) is 5.64. The molecule has 3 rings (SSSR count). The summed E-state index contributed by atoms with van der Waals surface area (Å²) < 4.78 is 5.92. The molecule has 29 heavy (non-hydrogen) atoms. The lowest BCUT2D eigenvalue weighted by Gasteiger charge is -2.34. The lowest BCUT2D eigenvalue weighted by atomic mass is 9.92. The van der Waals surface area contributed by atoms with Crippen LogP contribution in [0.2, 0.25) is 0 Å². The van der Waals surface area contributed by atoms with Gasteiger partial charge in [-0.05, 0) is 57.0 Å². The number of carbonyl (C=O) groups is 1. The molecule has 0 bridgehead atoms. The number of piperidine rings is 1. The van der Waals surface area contributed by atoms with Crippen LogP contribution in [0.15, 0.2) is 48.5 Å². The minimum Gasteiger partial charge on any atom is -0.491 e. The Labute approximate surface area is 185 Å². The average Bonchev–Trinajstić information content (AvgIpc) is 2.67. The van der Waals surface area contributed by atoms with Crippen molar-refractivity contribution < 1.29 is 9.53 Å². The van der Waals surface area contributed by atoms with Gasteiger partial charge >= 0.3 is 0 Å². The third-order valence-electron chi connectivity index (χ3n) is 4.88. The number of hydrogen-bond acceptors (Lipinski definition) is 4. The zero-order valence-corrected chi connectivity index (χ0v) is 18.5. The fraction of sp³-hybridized carbons (Fsp3) is 0.409. The summed E-state index contributed by atoms with van der Waals surface area (Å²) in [7, 11) is 0. The summed E-state index contributed by atoms with van der Waals surface area (Å²) in [5, 5.41) is 7.30. The molecular formula is C22H31Cl2N3O2. The molecule has 1 saturated heterocycles. The molecule has 2 aromatic rings. The summed E-state index contributed by atoms with van der Waals surface area (Å²) >= 11 is 0. The van der Waals surface area contributed by atoms with Gasteiger partial charge in [-0.2, -0.15) is 0 Å². The lowest BCUT2D eigenvalue weighted by Crippen LogP contribution is -2.45. The van der Waals surface area contributed by atoms with Crippen molar-refractivity contribution in [2.45, 2.75) is 51.4 Å². The molecule has 0 saturated carbocycles. The van der Waals surface area contributed by atoms with E-state index >= 15 is 0 Å². The molecule has 1 aliphatic heterocycles. The Morgan fingerprint density at radius 2 is 1.93 bits per heavy atom. The summed E-state index contributed by atoms with van der Waals surface area (Å²) in [6, 6.07) is 16.5. The number of amides is 1. The standard InChI is InChI=1S/C22H29N3O2.2ClH/c1-15(2)27-20-11-10-17(22(23)26)13-18(20)14-25-19-9-6-12-24-21(19)16-7-4-3-5-8-16;;/h3-5,7-8,10-11,13,15,19,21,24-25H,6,9,12,14H2,1-2H3,(H2,23,26);2*1H/t19-,21+;;/m0../s1. The predicted molar refractivity (Wildman–Crippen MR) is 122 cm³/mol. The minimum atomic E-state index is -0.422. The van der Waals surface area contributed by atoms with E-state index in [1.807, 2.05) is 32.0 Å². The van der Waals surface area contributed by atoms with Gasteiger partial charge in [0.2, 0.25) is 5.91 Å². The number of nitrogens with two attached hydrogens (primary N) is 1. The van der Waals surface area contributed by atoms with Gasteiger partial charge in [0, 0.05) is 29.8 Å². The second-order valence-corrected chi connectivity index (χ2v) is 7.33. The van der Waals surface area contributed by atoms with Gasteiger partial charge < -0.3 is 21.1 Å². The lowest BCUT2D eigenvalue weighted by molar-refractivity contribution is 0.1000. The predicted octanol–water partition coefficient (Wildman–Crippen LogP) is 4.00. The third-order valence-corrected chi connectivity index (χ3v) is 4.88. The molecule has 4 N–H and O–H groups in total. The maximum Gasteiger partial charge on any atom is 0.248 e. The van der Waals surface area contributed by atoms with Gasteiger partial charge in [0.15, 0.2) is 0 Å². The van der Waals surface area contributed by atoms with E-state index in [-0.39, 0.29) is 37.0 Å². The maximum atomic E-state index is 11.6. The monoisotopic (exact) mass is 439 g/mol. The van der Waals surface area contributed by atoms with Crippen molar-refractivity contribution in [3.05, 3.63) is 65.2 Å². The topological polar surface area (TPSA) is 76.4 Å². The molecule has 1 fully saturated rings. The van der Waals surface area contributed by atoms with E-state index in [1.54, 1.807) is 6.07 Å². The fourth-order valence-corrected chi connectivity index (χ4v) is 3.60. The van der Waals surface area contributed by atoms with Crippen LogP contribution in [-0.2, 0) is 6.54 Å². The van der Waals surface area contributed by atoms with E-state index in [1.165, 1.54) is 5.56 Å². The number of primary amides is 1. The first-order valence-corrected chi connectivity index (χ1v) is 9.65. The maximum absolute atomic E-state index is 11.6. The molecular weight excluding hydrogens is 409 g/mol. The van der Waals surface area contributed by atoms with E-state index in [0.717, 1.165) is 30.7 Å². The zero-order valence-electron chi connectivity index (χ0n) is 16.9. The molecule has 0 unspecified atom stereocenters. The van der Waals surface area contributed by atoms with Gasteiger partial charge in [0.1, 0.15) is 5.75 Å². The summed E-state index contributed by atoms with van der Waals surface area (Å²) in [6.07, 6.45) is 2.30. The van der Waals surface area contributed by atoms with Crippen LogP contribution in [-0.4, -0.2) is 24.6 Å². The van der Waals surface area contributed by atoms with Gasteiger partial charge in [-0.15, -0.1) is 24.8 Å². The molecule has 7 heteroatoms. The van der Waals surface area contributed by atoms with Crippen LogP contribution in [0.25, 0.3) is 0 Å². The number of halogens is 2. The molecule has 0 aromatic heterocycles. The van der Waals surface area contributed by atoms with Gasteiger partial charge in [0.25, 0.3) is 0 Å². The molecule has 2 atom stereocenters. The molecule has 0 aliphatic carbocycles. The highest BCUT2D eigenvalue weighted by Gasteiger charge is 2.26. The number of ether oxygens (including phenoxy) is 1. The van der Waals surface area contributed by atoms with Gasteiger partial charge in [-0.25, -0.2) is 0 Å². The van der Waals surface area contributed by atoms with Gasteiger partial charge in [0.05, 0.1) is 6.10 Å². The van der Waals surface area contributed by atoms with Crippen LogP contribution in [0.5, 0.6) is 5.75 Å². The highest BCUT2D eigenvalue weighted by Crippen LogP contribution is 2.26. The Hall–Kier alpha value is -1.79. The molecule has 160 valence electrons. The molecule has 1 heterocycles. The van der Waals surface area contributed by atoms with Crippen molar-refractivity contribution in [3.63, 3.8) is 0 Å². The highest BCUT2D eigenvalue weighted by molar-refractivity contribution is 5.93. The van der Waals surface area contributed by atoms with Crippen molar-refractivity contribution in [2.75, 3.05) is 6.54 Å². The number of hydrogen-bond donors (Lipinski definition) is 3. The fourth-order valence-electron chi connectivity index (χ4n) is 3.60. The first-order chi connectivity index (χ1) is 13.0. The van der Waals surface area contributed by atoms with E-state index in [2.05, 4.69) is 34.9 Å². The third kappa shape index (κ3) is 6.89. The Morgan fingerprint density at radius 3 is 2.59 bits per heavy atom. The summed E-state index contributed by atoms with van der Waals surface area (Å²) in [5.74, 6) is 0.372. The quantitative estimate of drug-likeness (QED) is 0.609. The van der Waals surface area contributed by atoms with Crippen molar-refractivity contribution in [1.29, 1.82) is 0 Å². The second kappa shape index (κ2) is 12.0. The highest BCUT2D eigenvalue weighted by atomic mass is 35.5. The number of rotatable bonds is 7. The number of benzene rings is 2. The minimum absolute atomic E-state index is 0. The zero-order chi connectivity index (χ0) is 19.2. The van der Waals surface area contributed by atoms with E-state index in [4.69, 9.17) is 10.5 Å². The number of carbonyl (C=O) groups excluding carboxylic acids is 1. The largest absolute Gasteiger partial charge is 0.491 e. The normalized spacial score (nSPS) is 18.4. The van der Waals surface area contributed by atoms with Crippen LogP contribution in [0.4, 0.5) is 0 Å². The van der Waals surface area contributed by atoms with Gasteiger partial charge in [-0.1, -0.05) is 30.3 Å². The van der Waals surface area contributed by atoms with Gasteiger partial charge in [-0.3, -0.25) is 4.79 Å². The van der Waals surface area contributed by atoms with Crippen molar-refractivity contribution in [2.24, 2.45) is 5.73 Å². The van der Waals surface area contributed by atoms with E-state index in [9.17, 15) is 4.79 Å². The first kappa shape index (κ1) is 25.2. The second-order valence-electron chi connectivity index (χ2n) is 7.33. The Morgan fingerprint density at radius 1 is 1.21 bits per heavy atom. The number of nitrogens with one attached hydrogen (secondary N) is 2. The van der Waals surface area contributed by atoms with Crippen molar-refractivity contribution in [1.82, 2.24) is 10.6 Å². The molecule has 2 aromatic carbocycles. The Balaban J connectivity index is 0.00000210. The molecule has 1 aliphatic rings. The van der Waals surface area contributed by atoms with Crippen molar-refractivity contribution in [3.8, 4) is 5.75 Å². The molecule has 0 spiro atoms. The summed E-state index contributed by atoms with van der Waals surface area (Å²) in [4.78, 5) is 11.6.